The third kappa shape index (κ3) is 3.07. The van der Waals surface area contributed by atoms with Crippen molar-refractivity contribution in [3.8, 4) is 12.1 Å². The van der Waals surface area contributed by atoms with Gasteiger partial charge < -0.3 is 0 Å². The van der Waals surface area contributed by atoms with E-state index in [0.29, 0.717) is 22.2 Å². The molecule has 0 unspecified atom stereocenters. The van der Waals surface area contributed by atoms with E-state index in [2.05, 4.69) is 20.2 Å². The van der Waals surface area contributed by atoms with Gasteiger partial charge in [-0.25, -0.2) is 9.97 Å². The van der Waals surface area contributed by atoms with Gasteiger partial charge in [-0.2, -0.15) is 10.5 Å². The monoisotopic (exact) mass is 352 g/mol. The van der Waals surface area contributed by atoms with E-state index in [1.165, 1.54) is 23.1 Å². The highest BCUT2D eigenvalue weighted by atomic mass is 32.2. The van der Waals surface area contributed by atoms with E-state index in [0.717, 1.165) is 20.1 Å². The van der Waals surface area contributed by atoms with Crippen LogP contribution in [0.5, 0.6) is 0 Å². The lowest BCUT2D eigenvalue weighted by atomic mass is 10.1. The van der Waals surface area contributed by atoms with Gasteiger partial charge in [-0.3, -0.25) is 0 Å². The molecule has 0 saturated heterocycles. The van der Waals surface area contributed by atoms with Crippen LogP contribution in [0.25, 0.3) is 11.0 Å². The third-order valence-corrected chi connectivity index (χ3v) is 5.16. The second kappa shape index (κ2) is 6.52. The van der Waals surface area contributed by atoms with Crippen LogP contribution >= 0.6 is 23.1 Å². The highest BCUT2D eigenvalue weighted by Gasteiger charge is 2.17. The molecular formula is C16H12N6S2. The molecular weight excluding hydrogens is 340 g/mol. The number of rotatable bonds is 3. The minimum atomic E-state index is 0.166. The average molecular weight is 352 g/mol. The van der Waals surface area contributed by atoms with Gasteiger partial charge in [0.15, 0.2) is 4.34 Å². The van der Waals surface area contributed by atoms with Crippen LogP contribution in [0.3, 0.4) is 0 Å². The van der Waals surface area contributed by atoms with Crippen LogP contribution in [-0.2, 0) is 0 Å². The van der Waals surface area contributed by atoms with Gasteiger partial charge in [-0.15, -0.1) is 10.2 Å². The van der Waals surface area contributed by atoms with Crippen molar-refractivity contribution in [3.63, 3.8) is 0 Å². The van der Waals surface area contributed by atoms with Crippen LogP contribution < -0.4 is 0 Å². The number of nitrogens with zero attached hydrogens (tertiary/aromatic N) is 6. The van der Waals surface area contributed by atoms with E-state index in [4.69, 9.17) is 0 Å². The maximum absolute atomic E-state index is 9.19. The van der Waals surface area contributed by atoms with Crippen molar-refractivity contribution >= 4 is 34.1 Å². The lowest BCUT2D eigenvalue weighted by molar-refractivity contribution is 0.782. The molecule has 3 aromatic rings. The molecule has 0 atom stereocenters. The van der Waals surface area contributed by atoms with Gasteiger partial charge in [0.25, 0.3) is 0 Å². The standard InChI is InChI=1S/C16H12N6S2/c1-8(2)14-15(24-16-22-21-9(3)23-16)20-13-5-11(7-18)10(6-17)4-12(13)19-14/h4-5,8H,1-3H3. The zero-order chi connectivity index (χ0) is 17.3. The van der Waals surface area contributed by atoms with E-state index in [-0.39, 0.29) is 5.92 Å². The summed E-state index contributed by atoms with van der Waals surface area (Å²) in [6, 6.07) is 7.30. The molecule has 6 nitrogen and oxygen atoms in total. The van der Waals surface area contributed by atoms with Gasteiger partial charge in [0, 0.05) is 0 Å². The van der Waals surface area contributed by atoms with Crippen molar-refractivity contribution in [2.24, 2.45) is 0 Å². The Morgan fingerprint density at radius 3 is 2.17 bits per heavy atom. The molecule has 3 rings (SSSR count). The number of aromatic nitrogens is 4. The summed E-state index contributed by atoms with van der Waals surface area (Å²) in [7, 11) is 0. The first-order valence-electron chi connectivity index (χ1n) is 7.15. The molecule has 0 amide bonds. The lowest BCUT2D eigenvalue weighted by Gasteiger charge is -2.11. The third-order valence-electron chi connectivity index (χ3n) is 3.28. The molecule has 24 heavy (non-hydrogen) atoms. The van der Waals surface area contributed by atoms with Crippen molar-refractivity contribution in [1.82, 2.24) is 20.2 Å². The number of hydrogen-bond donors (Lipinski definition) is 0. The summed E-state index contributed by atoms with van der Waals surface area (Å²) in [4.78, 5) is 9.34. The van der Waals surface area contributed by atoms with Crippen LogP contribution in [0.1, 0.15) is 41.6 Å². The molecule has 0 fully saturated rings. The molecule has 2 heterocycles. The Labute approximate surface area is 147 Å². The predicted octanol–water partition coefficient (Wildman–Crippen LogP) is 3.81. The quantitative estimate of drug-likeness (QED) is 0.706. The van der Waals surface area contributed by atoms with Gasteiger partial charge in [-0.1, -0.05) is 25.2 Å². The summed E-state index contributed by atoms with van der Waals surface area (Å²) in [5, 5.41) is 28.1. The molecule has 0 saturated carbocycles. The van der Waals surface area contributed by atoms with Gasteiger partial charge >= 0.3 is 0 Å². The zero-order valence-electron chi connectivity index (χ0n) is 13.2. The SMILES string of the molecule is Cc1nnc(Sc2nc3cc(C#N)c(C#N)cc3nc2C(C)C)s1. The van der Waals surface area contributed by atoms with Crippen molar-refractivity contribution in [3.05, 3.63) is 34.0 Å². The summed E-state index contributed by atoms with van der Waals surface area (Å²) < 4.78 is 0.803. The largest absolute Gasteiger partial charge is 0.248 e. The summed E-state index contributed by atoms with van der Waals surface area (Å²) in [5.41, 5.74) is 2.67. The highest BCUT2D eigenvalue weighted by molar-refractivity contribution is 8.01. The fourth-order valence-electron chi connectivity index (χ4n) is 2.14. The van der Waals surface area contributed by atoms with Crippen molar-refractivity contribution in [1.29, 1.82) is 10.5 Å². The fourth-order valence-corrected chi connectivity index (χ4v) is 4.10. The first-order valence-corrected chi connectivity index (χ1v) is 8.79. The van der Waals surface area contributed by atoms with Gasteiger partial charge in [0.05, 0.1) is 27.9 Å². The summed E-state index contributed by atoms with van der Waals surface area (Å²) >= 11 is 2.92. The van der Waals surface area contributed by atoms with Crippen LogP contribution in [-0.4, -0.2) is 20.2 Å². The van der Waals surface area contributed by atoms with E-state index in [9.17, 15) is 10.5 Å². The Kier molecular flexibility index (Phi) is 4.43. The second-order valence-electron chi connectivity index (χ2n) is 5.37. The van der Waals surface area contributed by atoms with E-state index >= 15 is 0 Å². The topological polar surface area (TPSA) is 99.1 Å². The van der Waals surface area contributed by atoms with Gasteiger partial charge in [0.1, 0.15) is 22.2 Å². The summed E-state index contributed by atoms with van der Waals surface area (Å²) in [6.07, 6.45) is 0. The minimum Gasteiger partial charge on any atom is -0.248 e. The van der Waals surface area contributed by atoms with E-state index in [1.54, 1.807) is 12.1 Å². The van der Waals surface area contributed by atoms with Crippen molar-refractivity contribution < 1.29 is 0 Å². The average Bonchev–Trinajstić information content (AvgIpc) is 2.97. The van der Waals surface area contributed by atoms with Crippen molar-refractivity contribution in [2.45, 2.75) is 36.1 Å². The summed E-state index contributed by atoms with van der Waals surface area (Å²) in [6.45, 7) is 5.99. The van der Waals surface area contributed by atoms with Crippen molar-refractivity contribution in [2.75, 3.05) is 0 Å². The Bertz CT molecular complexity index is 1010. The first-order chi connectivity index (χ1) is 11.5. The maximum atomic E-state index is 9.19. The molecule has 1 aromatic carbocycles. The Balaban J connectivity index is 2.18. The second-order valence-corrected chi connectivity index (χ2v) is 7.79. The van der Waals surface area contributed by atoms with Gasteiger partial charge in [-0.05, 0) is 36.7 Å². The molecule has 8 heteroatoms. The number of hydrogen-bond acceptors (Lipinski definition) is 8. The van der Waals surface area contributed by atoms with E-state index in [1.807, 2.05) is 32.9 Å². The summed E-state index contributed by atoms with van der Waals surface area (Å²) in [5.74, 6) is 0.166. The smallest absolute Gasteiger partial charge is 0.180 e. The normalized spacial score (nSPS) is 10.8. The van der Waals surface area contributed by atoms with Crippen LogP contribution in [0.2, 0.25) is 0 Å². The maximum Gasteiger partial charge on any atom is 0.180 e. The molecule has 0 aliphatic carbocycles. The zero-order valence-corrected chi connectivity index (χ0v) is 14.9. The number of aryl methyl sites for hydroxylation is 1. The van der Waals surface area contributed by atoms with Crippen LogP contribution in [0, 0.1) is 29.6 Å². The molecule has 0 bridgehead atoms. The Morgan fingerprint density at radius 1 is 1.04 bits per heavy atom. The minimum absolute atomic E-state index is 0.166. The number of nitriles is 2. The molecule has 0 aliphatic heterocycles. The lowest BCUT2D eigenvalue weighted by Crippen LogP contribution is -2.01. The molecule has 0 N–H and O–H groups in total. The molecule has 0 aliphatic rings. The van der Waals surface area contributed by atoms with Crippen LogP contribution in [0.15, 0.2) is 21.5 Å². The predicted molar refractivity (Wildman–Crippen MR) is 91.8 cm³/mol. The number of benzene rings is 1. The number of fused-ring (bicyclic) bond motifs is 1. The molecule has 0 spiro atoms. The van der Waals surface area contributed by atoms with Gasteiger partial charge in [0.2, 0.25) is 0 Å². The fraction of sp³-hybridized carbons (Fsp3) is 0.250. The molecule has 118 valence electrons. The Morgan fingerprint density at radius 2 is 1.67 bits per heavy atom. The highest BCUT2D eigenvalue weighted by Crippen LogP contribution is 2.34. The van der Waals surface area contributed by atoms with E-state index < -0.39 is 0 Å². The first kappa shape index (κ1) is 16.3. The molecule has 2 aromatic heterocycles. The molecule has 0 radical (unpaired) electrons. The Hall–Kier alpha value is -2.55. The van der Waals surface area contributed by atoms with Crippen LogP contribution in [0.4, 0.5) is 0 Å².